The highest BCUT2D eigenvalue weighted by atomic mass is 19.1. The van der Waals surface area contributed by atoms with Crippen LogP contribution in [-0.4, -0.2) is 6.67 Å². The third-order valence-corrected chi connectivity index (χ3v) is 1.92. The molecule has 0 saturated carbocycles. The summed E-state index contributed by atoms with van der Waals surface area (Å²) in [5.41, 5.74) is 0.914. The third kappa shape index (κ3) is 1.94. The maximum absolute atomic E-state index is 13.1. The fourth-order valence-electron chi connectivity index (χ4n) is 1.21. The van der Waals surface area contributed by atoms with E-state index in [2.05, 4.69) is 13.5 Å². The molecule has 13 heavy (non-hydrogen) atoms. The highest BCUT2D eigenvalue weighted by Gasteiger charge is 2.11. The highest BCUT2D eigenvalue weighted by molar-refractivity contribution is 5.54. The van der Waals surface area contributed by atoms with E-state index in [4.69, 9.17) is 0 Å². The van der Waals surface area contributed by atoms with Gasteiger partial charge in [-0.2, -0.15) is 0 Å². The van der Waals surface area contributed by atoms with Gasteiger partial charge < -0.3 is 0 Å². The Morgan fingerprint density at radius 3 is 2.69 bits per heavy atom. The molecule has 0 spiro atoms. The lowest BCUT2D eigenvalue weighted by molar-refractivity contribution is 0.464. The summed E-state index contributed by atoms with van der Waals surface area (Å²) in [7, 11) is 0. The van der Waals surface area contributed by atoms with Crippen LogP contribution >= 0.6 is 0 Å². The van der Waals surface area contributed by atoms with E-state index in [-0.39, 0.29) is 5.82 Å². The monoisotopic (exact) mass is 181 g/mol. The number of alkyl halides is 1. The van der Waals surface area contributed by atoms with E-state index in [0.717, 1.165) is 0 Å². The molecule has 0 aliphatic rings. The van der Waals surface area contributed by atoms with E-state index in [1.807, 2.05) is 0 Å². The van der Waals surface area contributed by atoms with Crippen LogP contribution in [-0.2, 0) is 0 Å². The number of hydrogen-bond acceptors (Lipinski definition) is 0. The molecule has 0 aliphatic heterocycles. The molecule has 0 fully saturated rings. The second kappa shape index (κ2) is 4.17. The lowest BCUT2D eigenvalue weighted by Crippen LogP contribution is -2.00. The van der Waals surface area contributed by atoms with Crippen molar-refractivity contribution in [2.45, 2.75) is 5.92 Å². The minimum absolute atomic E-state index is 0.347. The molecule has 1 aromatic carbocycles. The van der Waals surface area contributed by atoms with Crippen LogP contribution in [0.5, 0.6) is 0 Å². The molecule has 1 atom stereocenters. The van der Waals surface area contributed by atoms with Crippen molar-refractivity contribution in [3.05, 3.63) is 48.6 Å². The van der Waals surface area contributed by atoms with Crippen molar-refractivity contribution in [1.29, 1.82) is 0 Å². The Hall–Kier alpha value is -1.18. The van der Waals surface area contributed by atoms with Gasteiger partial charge in [-0.3, -0.25) is 4.39 Å². The molecule has 0 amide bonds. The molecular formula is C11H11F2. The maximum atomic E-state index is 13.1. The maximum Gasteiger partial charge on any atom is 0.130 e. The molecule has 2 heteroatoms. The first-order valence-corrected chi connectivity index (χ1v) is 4.00. The van der Waals surface area contributed by atoms with Gasteiger partial charge in [0.25, 0.3) is 0 Å². The Labute approximate surface area is 76.9 Å². The molecule has 0 aromatic heterocycles. The topological polar surface area (TPSA) is 0 Å². The lowest BCUT2D eigenvalue weighted by Gasteiger charge is -2.11. The first-order valence-electron chi connectivity index (χ1n) is 4.00. The van der Waals surface area contributed by atoms with Crippen LogP contribution in [0.25, 0.3) is 6.08 Å². The van der Waals surface area contributed by atoms with E-state index in [0.29, 0.717) is 11.1 Å². The second-order valence-electron chi connectivity index (χ2n) is 2.80. The number of rotatable bonds is 3. The Kier molecular flexibility index (Phi) is 3.18. The molecule has 1 unspecified atom stereocenters. The predicted molar refractivity (Wildman–Crippen MR) is 50.6 cm³/mol. The summed E-state index contributed by atoms with van der Waals surface area (Å²) < 4.78 is 25.4. The molecule has 0 aliphatic carbocycles. The van der Waals surface area contributed by atoms with Gasteiger partial charge in [0.1, 0.15) is 5.82 Å². The number of benzene rings is 1. The van der Waals surface area contributed by atoms with Crippen LogP contribution in [0.15, 0.2) is 24.8 Å². The smallest absolute Gasteiger partial charge is 0.130 e. The Balaban J connectivity index is 3.19. The van der Waals surface area contributed by atoms with E-state index in [1.165, 1.54) is 12.1 Å². The van der Waals surface area contributed by atoms with Crippen molar-refractivity contribution in [3.63, 3.8) is 0 Å². The molecule has 1 rings (SSSR count). The van der Waals surface area contributed by atoms with Crippen molar-refractivity contribution >= 4 is 6.08 Å². The molecule has 1 radical (unpaired) electrons. The zero-order valence-electron chi connectivity index (χ0n) is 7.26. The van der Waals surface area contributed by atoms with Crippen LogP contribution in [0.3, 0.4) is 0 Å². The van der Waals surface area contributed by atoms with Gasteiger partial charge in [-0.15, -0.1) is 0 Å². The van der Waals surface area contributed by atoms with Gasteiger partial charge in [0.05, 0.1) is 6.67 Å². The predicted octanol–water partition coefficient (Wildman–Crippen LogP) is 3.36. The minimum atomic E-state index is -0.593. The lowest BCUT2D eigenvalue weighted by atomic mass is 9.96. The normalized spacial score (nSPS) is 12.5. The van der Waals surface area contributed by atoms with Crippen LogP contribution in [0.2, 0.25) is 0 Å². The molecule has 1 aromatic rings. The van der Waals surface area contributed by atoms with Gasteiger partial charge in [-0.25, -0.2) is 4.39 Å². The van der Waals surface area contributed by atoms with Crippen molar-refractivity contribution in [2.24, 2.45) is 0 Å². The van der Waals surface area contributed by atoms with Crippen LogP contribution in [0.1, 0.15) is 17.0 Å². The van der Waals surface area contributed by atoms with Gasteiger partial charge in [-0.1, -0.05) is 24.8 Å². The third-order valence-electron chi connectivity index (χ3n) is 1.92. The second-order valence-corrected chi connectivity index (χ2v) is 2.80. The van der Waals surface area contributed by atoms with Crippen LogP contribution in [0, 0.1) is 12.7 Å². The Morgan fingerprint density at radius 1 is 1.46 bits per heavy atom. The van der Waals surface area contributed by atoms with E-state index >= 15 is 0 Å². The summed E-state index contributed by atoms with van der Waals surface area (Å²) in [5, 5.41) is 0. The zero-order chi connectivity index (χ0) is 9.84. The molecule has 0 heterocycles. The molecule has 0 bridgehead atoms. The van der Waals surface area contributed by atoms with Crippen molar-refractivity contribution in [3.8, 4) is 0 Å². The molecule has 0 saturated heterocycles. The fourth-order valence-corrected chi connectivity index (χ4v) is 1.21. The summed E-state index contributed by atoms with van der Waals surface area (Å²) in [6.07, 6.45) is 1.39. The zero-order valence-corrected chi connectivity index (χ0v) is 7.26. The van der Waals surface area contributed by atoms with Gasteiger partial charge >= 0.3 is 0 Å². The number of halogens is 2. The van der Waals surface area contributed by atoms with Gasteiger partial charge in [0.15, 0.2) is 0 Å². The Bertz CT molecular complexity index is 305. The van der Waals surface area contributed by atoms with Gasteiger partial charge in [-0.05, 0) is 18.6 Å². The van der Waals surface area contributed by atoms with Crippen molar-refractivity contribution < 1.29 is 8.78 Å². The van der Waals surface area contributed by atoms with Gasteiger partial charge in [0.2, 0.25) is 0 Å². The quantitative estimate of drug-likeness (QED) is 0.670. The summed E-state index contributed by atoms with van der Waals surface area (Å²) >= 11 is 0. The largest absolute Gasteiger partial charge is 0.250 e. The van der Waals surface area contributed by atoms with Crippen LogP contribution < -0.4 is 0 Å². The Morgan fingerprint density at radius 2 is 2.15 bits per heavy atom. The van der Waals surface area contributed by atoms with Crippen LogP contribution in [0.4, 0.5) is 8.78 Å². The summed E-state index contributed by atoms with van der Waals surface area (Å²) in [5.74, 6) is -0.904. The molecule has 0 N–H and O–H groups in total. The summed E-state index contributed by atoms with van der Waals surface area (Å²) in [6.45, 7) is 6.47. The summed E-state index contributed by atoms with van der Waals surface area (Å²) in [4.78, 5) is 0. The van der Waals surface area contributed by atoms with Crippen molar-refractivity contribution in [2.75, 3.05) is 6.67 Å². The van der Waals surface area contributed by atoms with E-state index in [9.17, 15) is 8.78 Å². The van der Waals surface area contributed by atoms with E-state index < -0.39 is 12.6 Å². The fraction of sp³-hybridized carbons (Fsp3) is 0.182. The first-order chi connectivity index (χ1) is 6.20. The van der Waals surface area contributed by atoms with E-state index in [1.54, 1.807) is 12.1 Å². The molecule has 69 valence electrons. The molecule has 0 nitrogen and oxygen atoms in total. The number of hydrogen-bond donors (Lipinski definition) is 0. The average molecular weight is 181 g/mol. The standard InChI is InChI=1S/C11H11F2/c1-3-9-10(8(2)7-12)5-4-6-11(9)13/h3-6,8H,1-2,7H2. The molecular weight excluding hydrogens is 170 g/mol. The highest BCUT2D eigenvalue weighted by Crippen LogP contribution is 2.23. The summed E-state index contributed by atoms with van der Waals surface area (Å²) in [6, 6.07) is 4.54. The first kappa shape index (κ1) is 9.90. The minimum Gasteiger partial charge on any atom is -0.250 e. The SMILES string of the molecule is [CH2]C(CF)c1cccc(F)c1C=C. The average Bonchev–Trinajstić information content (AvgIpc) is 2.16. The van der Waals surface area contributed by atoms with Gasteiger partial charge in [0, 0.05) is 11.5 Å². The van der Waals surface area contributed by atoms with Crippen molar-refractivity contribution in [1.82, 2.24) is 0 Å².